The Morgan fingerprint density at radius 3 is 1.99 bits per heavy atom. The average Bonchev–Trinajstić information content (AvgIpc) is 3.29. The van der Waals surface area contributed by atoms with Crippen molar-refractivity contribution in [3.8, 4) is 11.5 Å². The third-order valence-corrected chi connectivity index (χ3v) is 16.4. The van der Waals surface area contributed by atoms with Crippen molar-refractivity contribution in [2.24, 2.45) is 0 Å². The van der Waals surface area contributed by atoms with Gasteiger partial charge in [-0.25, -0.2) is 9.59 Å². The Morgan fingerprint density at radius 1 is 0.761 bits per heavy atom. The molecule has 4 N–H and O–H groups in total. The third kappa shape index (κ3) is 12.2. The first kappa shape index (κ1) is 49.7. The molecule has 2 atom stereocenters. The van der Waals surface area contributed by atoms with Crippen molar-refractivity contribution in [3.05, 3.63) is 177 Å². The van der Waals surface area contributed by atoms with Gasteiger partial charge >= 0.3 is 12.1 Å². The summed E-state index contributed by atoms with van der Waals surface area (Å²) >= 11 is 0. The van der Waals surface area contributed by atoms with Crippen LogP contribution in [0.4, 0.5) is 4.79 Å². The number of aromatic nitrogens is 1. The molecule has 14 heteroatoms. The number of carbonyl (C=O) groups excluding carboxylic acids is 3. The van der Waals surface area contributed by atoms with Crippen LogP contribution in [0.5, 0.6) is 11.5 Å². The number of phenolic OH excluding ortho intramolecular Hbond substituents is 1. The smallest absolute Gasteiger partial charge is 0.410 e. The highest BCUT2D eigenvalue weighted by Crippen LogP contribution is 2.42. The largest absolute Gasteiger partial charge is 0.506 e. The van der Waals surface area contributed by atoms with Crippen LogP contribution in [0.1, 0.15) is 91.4 Å². The summed E-state index contributed by atoms with van der Waals surface area (Å²) in [6.07, 6.45) is -1.20. The Labute approximate surface area is 392 Å². The number of methoxy groups -OCH3 is 1. The predicted octanol–water partition coefficient (Wildman–Crippen LogP) is 9.65. The van der Waals surface area contributed by atoms with Gasteiger partial charge in [-0.15, -0.1) is 0 Å². The van der Waals surface area contributed by atoms with E-state index in [-0.39, 0.29) is 54.0 Å². The second kappa shape index (κ2) is 20.4. The normalized spacial score (nSPS) is 13.3. The topological polar surface area (TPSA) is 177 Å². The molecule has 6 rings (SSSR count). The first-order valence-electron chi connectivity index (χ1n) is 22.1. The van der Waals surface area contributed by atoms with Crippen molar-refractivity contribution in [1.82, 2.24) is 15.2 Å². The second-order valence-electron chi connectivity index (χ2n) is 19.1. The zero-order valence-electron chi connectivity index (χ0n) is 39.6. The summed E-state index contributed by atoms with van der Waals surface area (Å²) in [5, 5.41) is 25.5. The Balaban J connectivity index is 1.10. The number of carbonyl (C=O) groups is 3. The summed E-state index contributed by atoms with van der Waals surface area (Å²) in [5.41, 5.74) is 1.61. The quantitative estimate of drug-likeness (QED) is 0.0540. The van der Waals surface area contributed by atoms with Crippen molar-refractivity contribution < 1.29 is 43.2 Å². The highest BCUT2D eigenvalue weighted by Gasteiger charge is 2.42. The van der Waals surface area contributed by atoms with E-state index < -0.39 is 37.7 Å². The molecule has 0 saturated carbocycles. The third-order valence-electron chi connectivity index (χ3n) is 12.0. The number of hydrogen-bond acceptors (Lipinski definition) is 10. The number of rotatable bonds is 16. The van der Waals surface area contributed by atoms with Crippen LogP contribution in [-0.4, -0.2) is 65.6 Å². The van der Waals surface area contributed by atoms with Gasteiger partial charge in [0.05, 0.1) is 25.3 Å². The summed E-state index contributed by atoms with van der Waals surface area (Å²) in [6, 6.07) is 36.3. The van der Waals surface area contributed by atoms with Gasteiger partial charge < -0.3 is 44.1 Å². The summed E-state index contributed by atoms with van der Waals surface area (Å²) in [5.74, 6) is -0.585. The van der Waals surface area contributed by atoms with Crippen LogP contribution in [0.15, 0.2) is 132 Å². The van der Waals surface area contributed by atoms with Gasteiger partial charge in [0, 0.05) is 30.1 Å². The second-order valence-corrected chi connectivity index (χ2v) is 23.8. The summed E-state index contributed by atoms with van der Waals surface area (Å²) < 4.78 is 23.9. The first-order chi connectivity index (χ1) is 31.6. The van der Waals surface area contributed by atoms with E-state index in [1.807, 2.05) is 36.4 Å². The van der Waals surface area contributed by atoms with Gasteiger partial charge in [0.15, 0.2) is 8.32 Å². The van der Waals surface area contributed by atoms with Crippen molar-refractivity contribution >= 4 is 37.2 Å². The minimum Gasteiger partial charge on any atom is -0.506 e. The number of H-pyrrole nitrogens is 1. The number of pyridine rings is 1. The van der Waals surface area contributed by atoms with Crippen molar-refractivity contribution in [2.75, 3.05) is 13.7 Å². The first-order valence-corrected chi connectivity index (χ1v) is 25.0. The van der Waals surface area contributed by atoms with Gasteiger partial charge in [0.25, 0.3) is 5.91 Å². The number of phenols is 1. The maximum absolute atomic E-state index is 14.0. The van der Waals surface area contributed by atoms with E-state index in [2.05, 4.69) is 44.2 Å². The molecule has 0 saturated heterocycles. The lowest BCUT2D eigenvalue weighted by molar-refractivity contribution is -0.158. The average molecular weight is 928 g/mol. The number of aromatic amines is 1. The van der Waals surface area contributed by atoms with Crippen LogP contribution in [0.3, 0.4) is 0 Å². The lowest BCUT2D eigenvalue weighted by Gasteiger charge is -2.41. The van der Waals surface area contributed by atoms with Gasteiger partial charge in [-0.2, -0.15) is 0 Å². The van der Waals surface area contributed by atoms with Crippen molar-refractivity contribution in [1.29, 1.82) is 0 Å². The zero-order chi connectivity index (χ0) is 48.7. The number of aromatic hydroxyl groups is 1. The number of ether oxygens (including phenoxy) is 3. The summed E-state index contributed by atoms with van der Waals surface area (Å²) in [4.78, 5) is 56.6. The minimum atomic E-state index is -2.48. The molecule has 0 aliphatic heterocycles. The monoisotopic (exact) mass is 927 g/mol. The van der Waals surface area contributed by atoms with E-state index in [0.717, 1.165) is 16.7 Å². The molecule has 0 aliphatic rings. The molecule has 1 unspecified atom stereocenters. The molecule has 67 heavy (non-hydrogen) atoms. The summed E-state index contributed by atoms with van der Waals surface area (Å²) in [6.45, 7) is 16.9. The van der Waals surface area contributed by atoms with Crippen LogP contribution in [0, 0.1) is 0 Å². The molecule has 0 bridgehead atoms. The molecule has 5 aromatic carbocycles. The number of esters is 1. The molecule has 0 radical (unpaired) electrons. The maximum atomic E-state index is 14.0. The fraction of sp³-hybridized carbons (Fsp3) is 0.321. The van der Waals surface area contributed by atoms with Crippen LogP contribution in [0.25, 0.3) is 10.9 Å². The van der Waals surface area contributed by atoms with Crippen molar-refractivity contribution in [3.63, 3.8) is 0 Å². The number of hydrogen-bond donors (Lipinski definition) is 4. The lowest BCUT2D eigenvalue weighted by Crippen LogP contribution is -2.45. The fourth-order valence-corrected chi connectivity index (χ4v) is 8.48. The number of nitrogens with zero attached hydrogens (tertiary/aromatic N) is 1. The molecule has 0 fully saturated rings. The van der Waals surface area contributed by atoms with E-state index >= 15 is 0 Å². The zero-order valence-corrected chi connectivity index (χ0v) is 40.6. The number of aliphatic hydroxyl groups is 1. The fourth-order valence-electron chi connectivity index (χ4n) is 7.21. The van der Waals surface area contributed by atoms with E-state index in [9.17, 15) is 29.4 Å². The van der Waals surface area contributed by atoms with Gasteiger partial charge in [-0.1, -0.05) is 106 Å². The van der Waals surface area contributed by atoms with E-state index in [1.54, 1.807) is 105 Å². The molecule has 0 spiro atoms. The van der Waals surface area contributed by atoms with Gasteiger partial charge in [-0.3, -0.25) is 9.59 Å². The van der Waals surface area contributed by atoms with Crippen LogP contribution in [0.2, 0.25) is 18.1 Å². The lowest BCUT2D eigenvalue weighted by atomic mass is 9.86. The molecule has 6 aromatic rings. The van der Waals surface area contributed by atoms with Crippen molar-refractivity contribution in [2.45, 2.75) is 96.7 Å². The number of nitrogens with one attached hydrogen (secondary N) is 2. The molecule has 13 nitrogen and oxygen atoms in total. The molecule has 352 valence electrons. The summed E-state index contributed by atoms with van der Waals surface area (Å²) in [7, 11) is -1.24. The molecular formula is C53H61N3O10Si. The number of fused-ring (bicyclic) bond motifs is 1. The van der Waals surface area contributed by atoms with Crippen LogP contribution in [-0.2, 0) is 44.0 Å². The SMILES string of the molecule is COC(=O)C(O)(c1ccccc1)c1ccc(OCc2ccc(CNC(=O)c3ccc(CN(C[C@H](O[Si](C)(C)C(C)(C)C)c4ccc(O)c5[nH]c(=O)ccc45)C(=O)OC(C)(C)C)cc3)cc2)cc1. The van der Waals surface area contributed by atoms with Gasteiger partial charge in [0.1, 0.15) is 23.7 Å². The Bertz CT molecular complexity index is 2730. The van der Waals surface area contributed by atoms with E-state index in [1.165, 1.54) is 19.2 Å². The molecule has 1 aromatic heterocycles. The highest BCUT2D eigenvalue weighted by atomic mass is 28.4. The predicted molar refractivity (Wildman–Crippen MR) is 260 cm³/mol. The standard InChI is InChI=1S/C53H61N3O10Si/c1-51(2,3)65-50(61)56(33-45(66-67(8,9)52(4,5)6)42-27-29-44(57)47-43(42)28-30-46(58)55-47)32-36-19-21-38(22-20-36)48(59)54-31-35-15-17-37(18-16-35)34-64-41-25-23-40(24-26-41)53(62,49(60)63-7)39-13-11-10-12-14-39/h10-30,45,57,62H,31-34H2,1-9H3,(H,54,59)(H,55,58)/t45-,53?/m0/s1. The Kier molecular flexibility index (Phi) is 15.1. The molecular weight excluding hydrogens is 867 g/mol. The maximum Gasteiger partial charge on any atom is 0.410 e. The van der Waals surface area contributed by atoms with E-state index in [0.29, 0.717) is 33.4 Å². The van der Waals surface area contributed by atoms with Crippen LogP contribution < -0.4 is 15.6 Å². The minimum absolute atomic E-state index is 0.0736. The van der Waals surface area contributed by atoms with Gasteiger partial charge in [0.2, 0.25) is 11.2 Å². The highest BCUT2D eigenvalue weighted by molar-refractivity contribution is 6.74. The molecule has 0 aliphatic carbocycles. The molecule has 1 heterocycles. The number of amides is 2. The van der Waals surface area contributed by atoms with E-state index in [4.69, 9.17) is 18.6 Å². The Morgan fingerprint density at radius 2 is 1.37 bits per heavy atom. The molecule has 2 amide bonds. The Hall–Kier alpha value is -6.74. The number of benzene rings is 5. The van der Waals surface area contributed by atoms with Crippen LogP contribution >= 0.6 is 0 Å². The van der Waals surface area contributed by atoms with Gasteiger partial charge in [-0.05, 0) is 109 Å².